The Hall–Kier alpha value is -4.19. The van der Waals surface area contributed by atoms with Gasteiger partial charge in [0, 0.05) is 22.8 Å². The Morgan fingerprint density at radius 3 is 2.65 bits per heavy atom. The average molecular weight is 449 g/mol. The molecule has 6 nitrogen and oxygen atoms in total. The molecule has 6 rings (SSSR count). The second-order valence-electron chi connectivity index (χ2n) is 9.09. The predicted molar refractivity (Wildman–Crippen MR) is 135 cm³/mol. The summed E-state index contributed by atoms with van der Waals surface area (Å²) in [6.07, 6.45) is 4.93. The second kappa shape index (κ2) is 7.70. The Morgan fingerprint density at radius 2 is 1.79 bits per heavy atom. The van der Waals surface area contributed by atoms with Gasteiger partial charge in [-0.2, -0.15) is 0 Å². The second-order valence-corrected chi connectivity index (χ2v) is 9.09. The van der Waals surface area contributed by atoms with Crippen molar-refractivity contribution in [1.29, 1.82) is 0 Å². The van der Waals surface area contributed by atoms with Crippen LogP contribution in [0, 0.1) is 13.8 Å². The first-order valence-corrected chi connectivity index (χ1v) is 11.5. The molecule has 0 saturated heterocycles. The van der Waals surface area contributed by atoms with Gasteiger partial charge >= 0.3 is 0 Å². The van der Waals surface area contributed by atoms with Crippen LogP contribution in [0.25, 0.3) is 27.5 Å². The zero-order chi connectivity index (χ0) is 23.4. The molecule has 2 N–H and O–H groups in total. The maximum atomic E-state index is 13.1. The van der Waals surface area contributed by atoms with E-state index >= 15 is 0 Å². The zero-order valence-electron chi connectivity index (χ0n) is 19.1. The molecule has 3 aromatic carbocycles. The van der Waals surface area contributed by atoms with Crippen LogP contribution in [0.15, 0.2) is 65.6 Å². The van der Waals surface area contributed by atoms with E-state index in [0.29, 0.717) is 16.5 Å². The Labute approximate surface area is 196 Å². The lowest BCUT2D eigenvalue weighted by Gasteiger charge is -2.08. The maximum Gasteiger partial charge on any atom is 0.280 e. The van der Waals surface area contributed by atoms with Gasteiger partial charge in [0.2, 0.25) is 0 Å². The molecule has 2 heterocycles. The standard InChI is InChI=1S/C28H24N4O2/c1-16-6-10-22(12-17(16)2)32-28(34)24-15-29-25-11-8-20(14-23(25)26(24)31-32)27(33)30-21-9-7-18-4-3-5-19(18)13-21/h6-15,31H,3-5H2,1-2H3,(H,30,33). The molecule has 168 valence electrons. The number of benzene rings is 3. The highest BCUT2D eigenvalue weighted by Gasteiger charge is 2.16. The Morgan fingerprint density at radius 1 is 0.941 bits per heavy atom. The van der Waals surface area contributed by atoms with E-state index in [4.69, 9.17) is 0 Å². The summed E-state index contributed by atoms with van der Waals surface area (Å²) in [6.45, 7) is 4.06. The van der Waals surface area contributed by atoms with E-state index in [1.807, 2.05) is 44.2 Å². The van der Waals surface area contributed by atoms with Crippen LogP contribution < -0.4 is 10.9 Å². The Bertz CT molecular complexity index is 1680. The van der Waals surface area contributed by atoms with Crippen molar-refractivity contribution in [1.82, 2.24) is 14.8 Å². The van der Waals surface area contributed by atoms with Crippen LogP contribution in [0.4, 0.5) is 5.69 Å². The molecule has 0 fully saturated rings. The fourth-order valence-electron chi connectivity index (χ4n) is 4.80. The van der Waals surface area contributed by atoms with Crippen LogP contribution in [0.1, 0.15) is 39.0 Å². The molecular weight excluding hydrogens is 424 g/mol. The first kappa shape index (κ1) is 20.4. The van der Waals surface area contributed by atoms with E-state index < -0.39 is 0 Å². The topological polar surface area (TPSA) is 79.8 Å². The third-order valence-electron chi connectivity index (χ3n) is 6.89. The number of fused-ring (bicyclic) bond motifs is 4. The van der Waals surface area contributed by atoms with Gasteiger partial charge in [-0.15, -0.1) is 0 Å². The number of nitrogens with zero attached hydrogens (tertiary/aromatic N) is 2. The molecule has 1 aliphatic carbocycles. The van der Waals surface area contributed by atoms with Gasteiger partial charge in [0.05, 0.1) is 22.1 Å². The van der Waals surface area contributed by atoms with Crippen LogP contribution >= 0.6 is 0 Å². The summed E-state index contributed by atoms with van der Waals surface area (Å²) >= 11 is 0. The van der Waals surface area contributed by atoms with Gasteiger partial charge in [-0.05, 0) is 97.8 Å². The summed E-state index contributed by atoms with van der Waals surface area (Å²) in [7, 11) is 0. The minimum atomic E-state index is -0.187. The monoisotopic (exact) mass is 448 g/mol. The number of hydrogen-bond donors (Lipinski definition) is 2. The number of H-pyrrole nitrogens is 1. The highest BCUT2D eigenvalue weighted by Crippen LogP contribution is 2.26. The molecule has 0 aliphatic heterocycles. The molecule has 1 amide bonds. The number of anilines is 1. The molecular formula is C28H24N4O2. The average Bonchev–Trinajstić information content (AvgIpc) is 3.44. The number of aryl methyl sites for hydroxylation is 4. The highest BCUT2D eigenvalue weighted by atomic mass is 16.1. The van der Waals surface area contributed by atoms with Gasteiger partial charge in [0.15, 0.2) is 0 Å². The minimum absolute atomic E-state index is 0.166. The van der Waals surface area contributed by atoms with E-state index in [9.17, 15) is 9.59 Å². The zero-order valence-corrected chi connectivity index (χ0v) is 19.1. The summed E-state index contributed by atoms with van der Waals surface area (Å²) < 4.78 is 1.54. The lowest BCUT2D eigenvalue weighted by atomic mass is 10.1. The van der Waals surface area contributed by atoms with Crippen LogP contribution in [-0.2, 0) is 12.8 Å². The number of aromatic nitrogens is 3. The number of amides is 1. The van der Waals surface area contributed by atoms with E-state index in [2.05, 4.69) is 27.5 Å². The number of carbonyl (C=O) groups is 1. The van der Waals surface area contributed by atoms with E-state index in [1.54, 1.807) is 18.3 Å². The largest absolute Gasteiger partial charge is 0.322 e. The summed E-state index contributed by atoms with van der Waals surface area (Å²) in [5.74, 6) is -0.187. The normalized spacial score (nSPS) is 12.9. The number of pyridine rings is 1. The quantitative estimate of drug-likeness (QED) is 0.397. The number of nitrogens with one attached hydrogen (secondary N) is 2. The van der Waals surface area contributed by atoms with Crippen molar-refractivity contribution in [3.8, 4) is 5.69 Å². The predicted octanol–water partition coefficient (Wildman–Crippen LogP) is 5.22. The molecule has 0 saturated carbocycles. The van der Waals surface area contributed by atoms with Crippen LogP contribution in [0.2, 0.25) is 0 Å². The van der Waals surface area contributed by atoms with Gasteiger partial charge in [-0.3, -0.25) is 19.7 Å². The van der Waals surface area contributed by atoms with Crippen LogP contribution in [-0.4, -0.2) is 20.7 Å². The molecule has 0 spiro atoms. The van der Waals surface area contributed by atoms with Crippen LogP contribution in [0.3, 0.4) is 0 Å². The minimum Gasteiger partial charge on any atom is -0.322 e. The number of hydrogen-bond acceptors (Lipinski definition) is 3. The summed E-state index contributed by atoms with van der Waals surface area (Å²) in [4.78, 5) is 30.7. The third kappa shape index (κ3) is 3.30. The number of aromatic amines is 1. The van der Waals surface area contributed by atoms with Crippen molar-refractivity contribution < 1.29 is 4.79 Å². The molecule has 6 heteroatoms. The molecule has 1 aliphatic rings. The summed E-state index contributed by atoms with van der Waals surface area (Å²) in [5, 5.41) is 7.49. The number of rotatable bonds is 3. The molecule has 34 heavy (non-hydrogen) atoms. The van der Waals surface area contributed by atoms with Gasteiger partial charge in [0.25, 0.3) is 11.5 Å². The maximum absolute atomic E-state index is 13.1. The fourth-order valence-corrected chi connectivity index (χ4v) is 4.80. The van der Waals surface area contributed by atoms with E-state index in [0.717, 1.165) is 40.7 Å². The highest BCUT2D eigenvalue weighted by molar-refractivity contribution is 6.10. The van der Waals surface area contributed by atoms with Crippen molar-refractivity contribution in [2.45, 2.75) is 33.1 Å². The molecule has 0 atom stereocenters. The third-order valence-corrected chi connectivity index (χ3v) is 6.89. The Balaban J connectivity index is 1.41. The lowest BCUT2D eigenvalue weighted by molar-refractivity contribution is 0.102. The van der Waals surface area contributed by atoms with Crippen molar-refractivity contribution >= 4 is 33.4 Å². The molecule has 0 bridgehead atoms. The molecule has 5 aromatic rings. The van der Waals surface area contributed by atoms with Gasteiger partial charge in [-0.1, -0.05) is 12.1 Å². The van der Waals surface area contributed by atoms with E-state index in [1.165, 1.54) is 27.8 Å². The van der Waals surface area contributed by atoms with Gasteiger partial charge in [-0.25, -0.2) is 4.68 Å². The summed E-state index contributed by atoms with van der Waals surface area (Å²) in [5.41, 5.74) is 8.26. The first-order chi connectivity index (χ1) is 16.5. The SMILES string of the molecule is Cc1ccc(-n2[nH]c3c(cnc4ccc(C(=O)Nc5ccc6c(c5)CCC6)cc43)c2=O)cc1C. The molecule has 0 unspecified atom stereocenters. The van der Waals surface area contributed by atoms with Crippen molar-refractivity contribution in [3.63, 3.8) is 0 Å². The number of carbonyl (C=O) groups excluding carboxylic acids is 1. The van der Waals surface area contributed by atoms with Crippen molar-refractivity contribution in [2.24, 2.45) is 0 Å². The van der Waals surface area contributed by atoms with Gasteiger partial charge in [0.1, 0.15) is 0 Å². The van der Waals surface area contributed by atoms with E-state index in [-0.39, 0.29) is 11.5 Å². The smallest absolute Gasteiger partial charge is 0.280 e. The van der Waals surface area contributed by atoms with Crippen LogP contribution in [0.5, 0.6) is 0 Å². The summed E-state index contributed by atoms with van der Waals surface area (Å²) in [6, 6.07) is 17.4. The van der Waals surface area contributed by atoms with Crippen molar-refractivity contribution in [3.05, 3.63) is 99.0 Å². The Kier molecular flexibility index (Phi) is 4.62. The molecule has 2 aromatic heterocycles. The van der Waals surface area contributed by atoms with Gasteiger partial charge < -0.3 is 5.32 Å². The fraction of sp³-hybridized carbons (Fsp3) is 0.179. The van der Waals surface area contributed by atoms with Crippen molar-refractivity contribution in [2.75, 3.05) is 5.32 Å². The first-order valence-electron chi connectivity index (χ1n) is 11.5. The lowest BCUT2D eigenvalue weighted by Crippen LogP contribution is -2.14. The molecule has 0 radical (unpaired) electrons.